The molecule has 2 aliphatic rings. The van der Waals surface area contributed by atoms with Crippen LogP contribution in [0.15, 0.2) is 21.9 Å². The first-order valence-corrected chi connectivity index (χ1v) is 16.1. The van der Waals surface area contributed by atoms with Gasteiger partial charge in [0.2, 0.25) is 0 Å². The highest BCUT2D eigenvalue weighted by molar-refractivity contribution is 6.84. The van der Waals surface area contributed by atoms with Crippen LogP contribution in [0.1, 0.15) is 68.5 Å². The van der Waals surface area contributed by atoms with E-state index in [0.717, 1.165) is 6.29 Å². The van der Waals surface area contributed by atoms with Gasteiger partial charge in [0.25, 0.3) is 5.56 Å². The number of carbonyl (C=O) groups excluding carboxylic acids is 1. The molecule has 0 amide bonds. The van der Waals surface area contributed by atoms with Crippen molar-refractivity contribution in [2.45, 2.75) is 103 Å². The Kier molecular flexibility index (Phi) is 7.67. The molecule has 0 bridgehead atoms. The second kappa shape index (κ2) is 9.59. The summed E-state index contributed by atoms with van der Waals surface area (Å²) in [5.41, 5.74) is -1.82. The maximum Gasteiger partial charge on any atom is 0.335 e. The zero-order valence-corrected chi connectivity index (χ0v) is 23.8. The van der Waals surface area contributed by atoms with E-state index in [1.807, 2.05) is 0 Å². The number of hydrogen-bond acceptors (Lipinski definition) is 7. The minimum Gasteiger partial charge on any atom is -0.414 e. The molecule has 0 aliphatic carbocycles. The van der Waals surface area contributed by atoms with Crippen LogP contribution >= 0.6 is 0 Å². The summed E-state index contributed by atoms with van der Waals surface area (Å²) in [5, 5.41) is 0. The Morgan fingerprint density at radius 1 is 1.03 bits per heavy atom. The number of nitrogens with one attached hydrogen (secondary N) is 1. The van der Waals surface area contributed by atoms with Gasteiger partial charge in [0, 0.05) is 12.3 Å². The van der Waals surface area contributed by atoms with Gasteiger partial charge in [0.05, 0.1) is 18.1 Å². The molecule has 3 rings (SSSR count). The summed E-state index contributed by atoms with van der Waals surface area (Å²) in [6.07, 6.45) is -0.0304. The predicted octanol–water partition coefficient (Wildman–Crippen LogP) is 3.60. The lowest BCUT2D eigenvalue weighted by atomic mass is 9.84. The highest BCUT2D eigenvalue weighted by Gasteiger charge is 2.64. The van der Waals surface area contributed by atoms with Crippen LogP contribution in [-0.2, 0) is 22.5 Å². The van der Waals surface area contributed by atoms with Crippen LogP contribution < -0.4 is 11.2 Å². The fraction of sp³-hybridized carbons (Fsp3) is 0.783. The molecule has 1 N–H and O–H groups in total. The molecular weight excluding hydrogens is 472 g/mol. The topological polar surface area (TPSA) is 109 Å². The van der Waals surface area contributed by atoms with Crippen LogP contribution in [-0.4, -0.2) is 51.8 Å². The van der Waals surface area contributed by atoms with Crippen molar-refractivity contribution in [2.75, 3.05) is 6.61 Å². The fourth-order valence-electron chi connectivity index (χ4n) is 5.48. The highest BCUT2D eigenvalue weighted by Crippen LogP contribution is 2.52. The third kappa shape index (κ3) is 4.24. The van der Waals surface area contributed by atoms with Crippen LogP contribution in [0.2, 0.25) is 22.2 Å². The van der Waals surface area contributed by atoms with Crippen molar-refractivity contribution in [1.29, 1.82) is 0 Å². The third-order valence-electron chi connectivity index (χ3n) is 7.47. The summed E-state index contributed by atoms with van der Waals surface area (Å²) in [6.45, 7) is 18.9. The van der Waals surface area contributed by atoms with Crippen molar-refractivity contribution in [1.82, 2.24) is 9.55 Å². The third-order valence-corrected chi connectivity index (χ3v) is 17.7. The first-order valence-electron chi connectivity index (χ1n) is 12.2. The van der Waals surface area contributed by atoms with E-state index in [-0.39, 0.29) is 28.8 Å². The minimum atomic E-state index is -2.97. The molecule has 34 heavy (non-hydrogen) atoms. The summed E-state index contributed by atoms with van der Waals surface area (Å²) in [4.78, 5) is 39.1. The minimum absolute atomic E-state index is 0.0879. The van der Waals surface area contributed by atoms with Gasteiger partial charge in [-0.2, -0.15) is 0 Å². The van der Waals surface area contributed by atoms with E-state index in [1.54, 1.807) is 6.92 Å². The molecule has 0 unspecified atom stereocenters. The molecular formula is C23H40N2O7Si2. The Bertz CT molecular complexity index is 990. The van der Waals surface area contributed by atoms with Crippen molar-refractivity contribution in [3.63, 3.8) is 0 Å². The number of rotatable bonds is 6. The van der Waals surface area contributed by atoms with Crippen molar-refractivity contribution in [3.8, 4) is 0 Å². The zero-order chi connectivity index (χ0) is 25.6. The normalized spacial score (nSPS) is 31.0. The average molecular weight is 513 g/mol. The summed E-state index contributed by atoms with van der Waals surface area (Å²) < 4.78 is 28.6. The molecule has 192 valence electrons. The summed E-state index contributed by atoms with van der Waals surface area (Å²) in [5.74, 6) is 0. The number of aldehydes is 1. The molecule has 0 radical (unpaired) electrons. The van der Waals surface area contributed by atoms with Gasteiger partial charge in [-0.05, 0) is 29.1 Å². The number of aromatic nitrogens is 2. The fourth-order valence-corrected chi connectivity index (χ4v) is 16.8. The molecule has 2 aliphatic heterocycles. The van der Waals surface area contributed by atoms with E-state index in [9.17, 15) is 14.4 Å². The molecule has 2 saturated heterocycles. The molecule has 0 saturated carbocycles. The average Bonchev–Trinajstić information content (AvgIpc) is 2.98. The van der Waals surface area contributed by atoms with Crippen molar-refractivity contribution in [3.05, 3.63) is 33.1 Å². The number of fused-ring (bicyclic) bond motifs is 1. The van der Waals surface area contributed by atoms with Crippen molar-refractivity contribution in [2.24, 2.45) is 5.41 Å². The lowest BCUT2D eigenvalue weighted by Crippen LogP contribution is -2.66. The van der Waals surface area contributed by atoms with Crippen molar-refractivity contribution >= 4 is 23.4 Å². The van der Waals surface area contributed by atoms with E-state index in [1.165, 1.54) is 16.8 Å². The largest absolute Gasteiger partial charge is 0.414 e. The van der Waals surface area contributed by atoms with Gasteiger partial charge in [-0.25, -0.2) is 4.79 Å². The second-order valence-corrected chi connectivity index (χ2v) is 19.9. The quantitative estimate of drug-likeness (QED) is 0.458. The van der Waals surface area contributed by atoms with Gasteiger partial charge in [-0.3, -0.25) is 14.3 Å². The molecule has 3 heterocycles. The van der Waals surface area contributed by atoms with Gasteiger partial charge in [-0.15, -0.1) is 0 Å². The SMILES string of the molecule is CC(C)[Si]1(C(C)C)OC[C@H]2O[C@@H](n3ccc(=O)[nH]c3=O)[C@](C)(C=O)[C@@H]2O[Si](C(C)C)(C(C)C)O1. The second-order valence-electron chi connectivity index (χ2n) is 11.0. The zero-order valence-electron chi connectivity index (χ0n) is 21.8. The number of ether oxygens (including phenoxy) is 1. The molecule has 0 aromatic carbocycles. The van der Waals surface area contributed by atoms with Gasteiger partial charge in [0.1, 0.15) is 12.4 Å². The van der Waals surface area contributed by atoms with E-state index in [2.05, 4.69) is 60.4 Å². The number of hydrogen-bond donors (Lipinski definition) is 1. The monoisotopic (exact) mass is 512 g/mol. The molecule has 9 nitrogen and oxygen atoms in total. The maximum atomic E-state index is 12.6. The van der Waals surface area contributed by atoms with Crippen LogP contribution in [0.4, 0.5) is 0 Å². The lowest BCUT2D eigenvalue weighted by molar-refractivity contribution is -0.125. The molecule has 0 spiro atoms. The molecule has 1 aromatic rings. The molecule has 1 aromatic heterocycles. The smallest absolute Gasteiger partial charge is 0.335 e. The molecule has 4 atom stereocenters. The van der Waals surface area contributed by atoms with Crippen LogP contribution in [0.5, 0.6) is 0 Å². The van der Waals surface area contributed by atoms with E-state index in [0.29, 0.717) is 0 Å². The summed E-state index contributed by atoms with van der Waals surface area (Å²) >= 11 is 0. The van der Waals surface area contributed by atoms with Crippen LogP contribution in [0, 0.1) is 5.41 Å². The van der Waals surface area contributed by atoms with Crippen LogP contribution in [0.25, 0.3) is 0 Å². The van der Waals surface area contributed by atoms with Gasteiger partial charge < -0.3 is 22.5 Å². The first kappa shape index (κ1) is 27.2. The maximum absolute atomic E-state index is 12.6. The summed E-state index contributed by atoms with van der Waals surface area (Å²) in [6, 6.07) is 1.24. The Morgan fingerprint density at radius 2 is 1.59 bits per heavy atom. The molecule has 11 heteroatoms. The molecule has 2 fully saturated rings. The van der Waals surface area contributed by atoms with Gasteiger partial charge in [-0.1, -0.05) is 55.4 Å². The standard InChI is InChI=1S/C23H40N2O7Si2/c1-14(2)33(15(3)4)29-12-18-20(31-34(32-33,16(5)6)17(7)8)23(9,13-26)21(30-18)25-11-10-19(27)24-22(25)28/h10-11,13-18,20-21H,12H2,1-9H3,(H,24,27,28)/t18-,20-,21-,23-/m1/s1. The lowest BCUT2D eigenvalue weighted by Gasteiger charge is -2.52. The Hall–Kier alpha value is -1.38. The first-order chi connectivity index (χ1) is 15.7. The van der Waals surface area contributed by atoms with Gasteiger partial charge >= 0.3 is 22.8 Å². The summed E-state index contributed by atoms with van der Waals surface area (Å²) in [7, 11) is -5.74. The number of H-pyrrole nitrogens is 1. The Balaban J connectivity index is 2.19. The van der Waals surface area contributed by atoms with E-state index >= 15 is 0 Å². The van der Waals surface area contributed by atoms with E-state index in [4.69, 9.17) is 17.7 Å². The number of nitrogens with zero attached hydrogens (tertiary/aromatic N) is 1. The predicted molar refractivity (Wildman–Crippen MR) is 133 cm³/mol. The Morgan fingerprint density at radius 3 is 2.06 bits per heavy atom. The number of aromatic amines is 1. The Labute approximate surface area is 203 Å². The number of carbonyl (C=O) groups is 1. The van der Waals surface area contributed by atoms with Crippen molar-refractivity contribution < 1.29 is 22.5 Å². The van der Waals surface area contributed by atoms with Gasteiger partial charge in [0.15, 0.2) is 6.23 Å². The van der Waals surface area contributed by atoms with E-state index < -0.39 is 52.2 Å². The highest BCUT2D eigenvalue weighted by atomic mass is 28.5. The van der Waals surface area contributed by atoms with Crippen LogP contribution in [0.3, 0.4) is 0 Å².